The molecule has 5 nitrogen and oxygen atoms in total. The maximum absolute atomic E-state index is 5.34. The molecular weight excluding hydrogens is 216 g/mol. The molecule has 0 aliphatic rings. The van der Waals surface area contributed by atoms with Gasteiger partial charge in [0, 0.05) is 32.3 Å². The van der Waals surface area contributed by atoms with Crippen LogP contribution < -0.4 is 10.2 Å². The Kier molecular flexibility index (Phi) is 5.69. The summed E-state index contributed by atoms with van der Waals surface area (Å²) >= 11 is 0. The molecule has 0 atom stereocenters. The van der Waals surface area contributed by atoms with Crippen molar-refractivity contribution < 1.29 is 4.74 Å². The van der Waals surface area contributed by atoms with Gasteiger partial charge >= 0.3 is 0 Å². The zero-order valence-corrected chi connectivity index (χ0v) is 11.2. The molecule has 1 aromatic heterocycles. The van der Waals surface area contributed by atoms with Crippen LogP contribution in [-0.4, -0.2) is 43.3 Å². The molecular formula is C12H22N4O. The standard InChI is InChI=1S/C12H22N4O/c1-5-13-11-10(3)12(15-9-14-11)16(4)7-8-17-6-2/h9H,5-8H2,1-4H3,(H,13,14,15). The molecule has 5 heteroatoms. The van der Waals surface area contributed by atoms with Crippen LogP contribution >= 0.6 is 0 Å². The monoisotopic (exact) mass is 238 g/mol. The van der Waals surface area contributed by atoms with Crippen molar-refractivity contribution in [2.45, 2.75) is 20.8 Å². The zero-order valence-electron chi connectivity index (χ0n) is 11.2. The van der Waals surface area contributed by atoms with E-state index >= 15 is 0 Å². The summed E-state index contributed by atoms with van der Waals surface area (Å²) in [6, 6.07) is 0. The Balaban J connectivity index is 2.72. The Hall–Kier alpha value is -1.36. The first-order chi connectivity index (χ1) is 8.20. The van der Waals surface area contributed by atoms with Crippen molar-refractivity contribution in [1.82, 2.24) is 9.97 Å². The highest BCUT2D eigenvalue weighted by atomic mass is 16.5. The van der Waals surface area contributed by atoms with E-state index in [4.69, 9.17) is 4.74 Å². The fourth-order valence-electron chi connectivity index (χ4n) is 1.62. The molecule has 1 heterocycles. The van der Waals surface area contributed by atoms with E-state index in [9.17, 15) is 0 Å². The third kappa shape index (κ3) is 3.85. The number of hydrogen-bond donors (Lipinski definition) is 1. The van der Waals surface area contributed by atoms with Gasteiger partial charge in [-0.25, -0.2) is 9.97 Å². The van der Waals surface area contributed by atoms with Crippen LogP contribution in [0.4, 0.5) is 11.6 Å². The Morgan fingerprint density at radius 3 is 2.76 bits per heavy atom. The number of hydrogen-bond acceptors (Lipinski definition) is 5. The molecule has 0 fully saturated rings. The first-order valence-corrected chi connectivity index (χ1v) is 6.05. The quantitative estimate of drug-likeness (QED) is 0.733. The van der Waals surface area contributed by atoms with E-state index < -0.39 is 0 Å². The second-order valence-electron chi connectivity index (χ2n) is 3.82. The average molecular weight is 238 g/mol. The largest absolute Gasteiger partial charge is 0.380 e. The molecule has 0 radical (unpaired) electrons. The fraction of sp³-hybridized carbons (Fsp3) is 0.667. The van der Waals surface area contributed by atoms with Crippen LogP contribution in [0.2, 0.25) is 0 Å². The highest BCUT2D eigenvalue weighted by Crippen LogP contribution is 2.20. The second kappa shape index (κ2) is 7.06. The smallest absolute Gasteiger partial charge is 0.136 e. The molecule has 0 unspecified atom stereocenters. The Labute approximate surface area is 103 Å². The summed E-state index contributed by atoms with van der Waals surface area (Å²) < 4.78 is 5.34. The van der Waals surface area contributed by atoms with Gasteiger partial charge < -0.3 is 15.0 Å². The van der Waals surface area contributed by atoms with Crippen molar-refractivity contribution in [2.24, 2.45) is 0 Å². The molecule has 0 aliphatic carbocycles. The van der Waals surface area contributed by atoms with Crippen molar-refractivity contribution in [3.8, 4) is 0 Å². The number of anilines is 2. The summed E-state index contributed by atoms with van der Waals surface area (Å²) in [5.41, 5.74) is 1.08. The first kappa shape index (κ1) is 13.7. The Morgan fingerprint density at radius 2 is 2.12 bits per heavy atom. The summed E-state index contributed by atoms with van der Waals surface area (Å²) in [6.07, 6.45) is 1.59. The minimum atomic E-state index is 0.715. The number of ether oxygens (including phenoxy) is 1. The molecule has 1 rings (SSSR count). The van der Waals surface area contributed by atoms with Gasteiger partial charge in [-0.3, -0.25) is 0 Å². The van der Waals surface area contributed by atoms with E-state index in [0.29, 0.717) is 6.61 Å². The van der Waals surface area contributed by atoms with Crippen LogP contribution in [0.1, 0.15) is 19.4 Å². The third-order valence-electron chi connectivity index (χ3n) is 2.54. The summed E-state index contributed by atoms with van der Waals surface area (Å²) in [4.78, 5) is 10.6. The summed E-state index contributed by atoms with van der Waals surface area (Å²) in [7, 11) is 2.02. The normalized spacial score (nSPS) is 10.4. The zero-order chi connectivity index (χ0) is 12.7. The maximum atomic E-state index is 5.34. The third-order valence-corrected chi connectivity index (χ3v) is 2.54. The van der Waals surface area contributed by atoms with Gasteiger partial charge in [-0.05, 0) is 20.8 Å². The lowest BCUT2D eigenvalue weighted by atomic mass is 10.3. The van der Waals surface area contributed by atoms with Crippen molar-refractivity contribution in [3.63, 3.8) is 0 Å². The number of nitrogens with zero attached hydrogens (tertiary/aromatic N) is 3. The van der Waals surface area contributed by atoms with E-state index in [1.807, 2.05) is 20.9 Å². The lowest BCUT2D eigenvalue weighted by Crippen LogP contribution is -2.25. The Bertz CT molecular complexity index is 343. The minimum absolute atomic E-state index is 0.715. The van der Waals surface area contributed by atoms with Gasteiger partial charge in [-0.15, -0.1) is 0 Å². The summed E-state index contributed by atoms with van der Waals surface area (Å²) in [5, 5.41) is 3.23. The molecule has 0 spiro atoms. The first-order valence-electron chi connectivity index (χ1n) is 6.05. The van der Waals surface area contributed by atoms with E-state index in [0.717, 1.165) is 36.9 Å². The highest BCUT2D eigenvalue weighted by molar-refractivity contribution is 5.57. The predicted molar refractivity (Wildman–Crippen MR) is 70.7 cm³/mol. The van der Waals surface area contributed by atoms with E-state index in [1.54, 1.807) is 6.33 Å². The minimum Gasteiger partial charge on any atom is -0.380 e. The van der Waals surface area contributed by atoms with Gasteiger partial charge in [0.25, 0.3) is 0 Å². The number of likely N-dealkylation sites (N-methyl/N-ethyl adjacent to an activating group) is 1. The van der Waals surface area contributed by atoms with Crippen molar-refractivity contribution in [1.29, 1.82) is 0 Å². The lowest BCUT2D eigenvalue weighted by molar-refractivity contribution is 0.154. The van der Waals surface area contributed by atoms with Crippen LogP contribution in [0.25, 0.3) is 0 Å². The van der Waals surface area contributed by atoms with E-state index in [2.05, 4.69) is 27.1 Å². The van der Waals surface area contributed by atoms with Crippen LogP contribution in [-0.2, 0) is 4.74 Å². The average Bonchev–Trinajstić information content (AvgIpc) is 2.32. The van der Waals surface area contributed by atoms with Crippen LogP contribution in [0.3, 0.4) is 0 Å². The van der Waals surface area contributed by atoms with E-state index in [1.165, 1.54) is 0 Å². The van der Waals surface area contributed by atoms with Crippen LogP contribution in [0, 0.1) is 6.92 Å². The Morgan fingerprint density at radius 1 is 1.35 bits per heavy atom. The molecule has 1 N–H and O–H groups in total. The fourth-order valence-corrected chi connectivity index (χ4v) is 1.62. The topological polar surface area (TPSA) is 50.3 Å². The summed E-state index contributed by atoms with van der Waals surface area (Å²) in [6.45, 7) is 9.24. The van der Waals surface area contributed by atoms with Gasteiger partial charge in [0.15, 0.2) is 0 Å². The van der Waals surface area contributed by atoms with Gasteiger partial charge in [0.05, 0.1) is 6.61 Å². The second-order valence-corrected chi connectivity index (χ2v) is 3.82. The lowest BCUT2D eigenvalue weighted by Gasteiger charge is -2.21. The highest BCUT2D eigenvalue weighted by Gasteiger charge is 2.10. The molecule has 0 aromatic carbocycles. The van der Waals surface area contributed by atoms with E-state index in [-0.39, 0.29) is 0 Å². The van der Waals surface area contributed by atoms with Crippen LogP contribution in [0.5, 0.6) is 0 Å². The van der Waals surface area contributed by atoms with Crippen molar-refractivity contribution in [3.05, 3.63) is 11.9 Å². The number of rotatable bonds is 7. The molecule has 0 aliphatic heterocycles. The van der Waals surface area contributed by atoms with Gasteiger partial charge in [-0.2, -0.15) is 0 Å². The molecule has 0 saturated carbocycles. The van der Waals surface area contributed by atoms with Gasteiger partial charge in [0.1, 0.15) is 18.0 Å². The predicted octanol–water partition coefficient (Wildman–Crippen LogP) is 1.69. The molecule has 0 bridgehead atoms. The number of aromatic nitrogens is 2. The SMILES string of the molecule is CCNc1ncnc(N(C)CCOCC)c1C. The molecule has 17 heavy (non-hydrogen) atoms. The van der Waals surface area contributed by atoms with Crippen molar-refractivity contribution in [2.75, 3.05) is 43.6 Å². The number of nitrogens with one attached hydrogen (secondary N) is 1. The van der Waals surface area contributed by atoms with Crippen molar-refractivity contribution >= 4 is 11.6 Å². The molecule has 1 aromatic rings. The maximum Gasteiger partial charge on any atom is 0.136 e. The van der Waals surface area contributed by atoms with Crippen LogP contribution in [0.15, 0.2) is 6.33 Å². The molecule has 96 valence electrons. The molecule has 0 saturated heterocycles. The van der Waals surface area contributed by atoms with Gasteiger partial charge in [-0.1, -0.05) is 0 Å². The molecule has 0 amide bonds. The summed E-state index contributed by atoms with van der Waals surface area (Å²) in [5.74, 6) is 1.86. The van der Waals surface area contributed by atoms with Gasteiger partial charge in [0.2, 0.25) is 0 Å².